The molecule has 2 rings (SSSR count). The summed E-state index contributed by atoms with van der Waals surface area (Å²) in [5, 5.41) is 11.0. The monoisotopic (exact) mass is 287 g/mol. The van der Waals surface area contributed by atoms with Crippen molar-refractivity contribution in [1.29, 1.82) is 5.41 Å². The van der Waals surface area contributed by atoms with Crippen molar-refractivity contribution in [2.45, 2.75) is 45.1 Å². The lowest BCUT2D eigenvalue weighted by Gasteiger charge is -2.34. The minimum absolute atomic E-state index is 0.218. The van der Waals surface area contributed by atoms with Crippen molar-refractivity contribution in [3.05, 3.63) is 36.1 Å². The maximum Gasteiger partial charge on any atom is 0.0556 e. The molecule has 116 valence electrons. The molecule has 0 saturated carbocycles. The molecule has 0 spiro atoms. The summed E-state index contributed by atoms with van der Waals surface area (Å²) >= 11 is 0. The van der Waals surface area contributed by atoms with Gasteiger partial charge in [-0.2, -0.15) is 0 Å². The summed E-state index contributed by atoms with van der Waals surface area (Å²) in [5.74, 6) is 0.578. The topological polar surface area (TPSA) is 39.1 Å². The molecule has 1 heterocycles. The van der Waals surface area contributed by atoms with Gasteiger partial charge in [0.05, 0.1) is 6.04 Å². The maximum atomic E-state index is 7.44. The highest BCUT2D eigenvalue weighted by Gasteiger charge is 2.22. The minimum atomic E-state index is 0.218. The first-order valence-electron chi connectivity index (χ1n) is 8.27. The Hall–Kier alpha value is -1.35. The number of nitrogens with zero attached hydrogens (tertiary/aromatic N) is 1. The number of nitrogens with one attached hydrogen (secondary N) is 2. The number of allylic oxidation sites excluding steroid dienone is 3. The number of piperidine rings is 1. The second kappa shape index (κ2) is 8.18. The van der Waals surface area contributed by atoms with E-state index in [1.165, 1.54) is 37.7 Å². The van der Waals surface area contributed by atoms with Crippen LogP contribution in [0.15, 0.2) is 36.1 Å². The Morgan fingerprint density at radius 3 is 2.81 bits per heavy atom. The number of hydrogen-bond acceptors (Lipinski definition) is 3. The van der Waals surface area contributed by atoms with Gasteiger partial charge in [-0.25, -0.2) is 0 Å². The molecule has 0 aromatic rings. The standard InChI is InChI=1S/C18H29N3/c1-3-21-13-10-16(11-14-21)15(2)20-18(9-12-19)17-7-5-4-6-8-17/h5,7-8,12,16,18-20H,2-4,6,9-11,13-14H2,1H3. The SMILES string of the molecule is C=C(NC(CC=N)C1=CCCC=C1)C1CCN(CC)CC1. The highest BCUT2D eigenvalue weighted by Crippen LogP contribution is 2.24. The molecule has 1 fully saturated rings. The molecule has 1 atom stereocenters. The summed E-state index contributed by atoms with van der Waals surface area (Å²) in [7, 11) is 0. The first kappa shape index (κ1) is 16.0. The lowest BCUT2D eigenvalue weighted by Crippen LogP contribution is -2.38. The average Bonchev–Trinajstić information content (AvgIpc) is 2.55. The third kappa shape index (κ3) is 4.57. The summed E-state index contributed by atoms with van der Waals surface area (Å²) < 4.78 is 0. The van der Waals surface area contributed by atoms with Crippen LogP contribution >= 0.6 is 0 Å². The second-order valence-corrected chi connectivity index (χ2v) is 6.05. The van der Waals surface area contributed by atoms with Gasteiger partial charge in [-0.15, -0.1) is 0 Å². The zero-order chi connectivity index (χ0) is 15.1. The van der Waals surface area contributed by atoms with Crippen LogP contribution < -0.4 is 5.32 Å². The van der Waals surface area contributed by atoms with Crippen LogP contribution in [0, 0.1) is 11.3 Å². The number of likely N-dealkylation sites (tertiary alicyclic amines) is 1. The first-order valence-corrected chi connectivity index (χ1v) is 8.27. The van der Waals surface area contributed by atoms with E-state index in [1.54, 1.807) is 0 Å². The van der Waals surface area contributed by atoms with Gasteiger partial charge in [0.1, 0.15) is 0 Å². The molecule has 1 aliphatic heterocycles. The van der Waals surface area contributed by atoms with Crippen molar-refractivity contribution in [2.24, 2.45) is 5.92 Å². The van der Waals surface area contributed by atoms with E-state index in [4.69, 9.17) is 5.41 Å². The molecular formula is C18H29N3. The molecule has 21 heavy (non-hydrogen) atoms. The van der Waals surface area contributed by atoms with Gasteiger partial charge < -0.3 is 15.6 Å². The molecular weight excluding hydrogens is 258 g/mol. The average molecular weight is 287 g/mol. The molecule has 0 amide bonds. The number of hydrogen-bond donors (Lipinski definition) is 2. The van der Waals surface area contributed by atoms with Crippen molar-refractivity contribution in [1.82, 2.24) is 10.2 Å². The van der Waals surface area contributed by atoms with E-state index >= 15 is 0 Å². The van der Waals surface area contributed by atoms with Gasteiger partial charge in [-0.05, 0) is 57.1 Å². The van der Waals surface area contributed by atoms with Crippen molar-refractivity contribution in [3.8, 4) is 0 Å². The van der Waals surface area contributed by atoms with Crippen LogP contribution in [0.4, 0.5) is 0 Å². The predicted molar refractivity (Wildman–Crippen MR) is 90.8 cm³/mol. The van der Waals surface area contributed by atoms with E-state index in [2.05, 4.69) is 41.9 Å². The highest BCUT2D eigenvalue weighted by molar-refractivity contribution is 5.56. The fraction of sp³-hybridized carbons (Fsp3) is 0.611. The summed E-state index contributed by atoms with van der Waals surface area (Å²) in [6, 6.07) is 0.218. The molecule has 0 aromatic heterocycles. The normalized spacial score (nSPS) is 21.7. The van der Waals surface area contributed by atoms with Gasteiger partial charge in [-0.3, -0.25) is 0 Å². The van der Waals surface area contributed by atoms with E-state index in [-0.39, 0.29) is 6.04 Å². The summed E-state index contributed by atoms with van der Waals surface area (Å²) in [6.07, 6.45) is 13.6. The van der Waals surface area contributed by atoms with Crippen molar-refractivity contribution in [3.63, 3.8) is 0 Å². The Bertz CT molecular complexity index is 414. The van der Waals surface area contributed by atoms with Crippen molar-refractivity contribution < 1.29 is 0 Å². The van der Waals surface area contributed by atoms with E-state index in [0.29, 0.717) is 5.92 Å². The largest absolute Gasteiger partial charge is 0.381 e. The third-order valence-electron chi connectivity index (χ3n) is 4.67. The molecule has 0 aromatic carbocycles. The Kier molecular flexibility index (Phi) is 6.24. The molecule has 1 saturated heterocycles. The van der Waals surface area contributed by atoms with Gasteiger partial charge in [0, 0.05) is 18.0 Å². The van der Waals surface area contributed by atoms with Gasteiger partial charge in [0.25, 0.3) is 0 Å². The molecule has 1 aliphatic carbocycles. The molecule has 0 bridgehead atoms. The van der Waals surface area contributed by atoms with Crippen molar-refractivity contribution in [2.75, 3.05) is 19.6 Å². The second-order valence-electron chi connectivity index (χ2n) is 6.05. The summed E-state index contributed by atoms with van der Waals surface area (Å²) in [6.45, 7) is 10.0. The third-order valence-corrected chi connectivity index (χ3v) is 4.67. The fourth-order valence-corrected chi connectivity index (χ4v) is 3.23. The van der Waals surface area contributed by atoms with Crippen LogP contribution in [-0.4, -0.2) is 36.8 Å². The van der Waals surface area contributed by atoms with E-state index in [0.717, 1.165) is 31.5 Å². The predicted octanol–water partition coefficient (Wildman–Crippen LogP) is 3.51. The van der Waals surface area contributed by atoms with Crippen LogP contribution in [-0.2, 0) is 0 Å². The van der Waals surface area contributed by atoms with Crippen molar-refractivity contribution >= 4 is 6.21 Å². The maximum absolute atomic E-state index is 7.44. The van der Waals surface area contributed by atoms with Gasteiger partial charge >= 0.3 is 0 Å². The quantitative estimate of drug-likeness (QED) is 0.703. The Morgan fingerprint density at radius 1 is 1.48 bits per heavy atom. The minimum Gasteiger partial charge on any atom is -0.381 e. The first-order chi connectivity index (χ1) is 10.2. The van der Waals surface area contributed by atoms with Gasteiger partial charge in [0.15, 0.2) is 0 Å². The fourth-order valence-electron chi connectivity index (χ4n) is 3.23. The molecule has 1 unspecified atom stereocenters. The van der Waals surface area contributed by atoms with Gasteiger partial charge in [-0.1, -0.05) is 31.7 Å². The summed E-state index contributed by atoms with van der Waals surface area (Å²) in [5.41, 5.74) is 2.48. The lowest BCUT2D eigenvalue weighted by molar-refractivity contribution is 0.204. The molecule has 2 N–H and O–H groups in total. The van der Waals surface area contributed by atoms with Crippen LogP contribution in [0.25, 0.3) is 0 Å². The van der Waals surface area contributed by atoms with Crippen LogP contribution in [0.3, 0.4) is 0 Å². The van der Waals surface area contributed by atoms with E-state index < -0.39 is 0 Å². The van der Waals surface area contributed by atoms with E-state index in [1.807, 2.05) is 0 Å². The summed E-state index contributed by atoms with van der Waals surface area (Å²) in [4.78, 5) is 2.51. The van der Waals surface area contributed by atoms with Crippen LogP contribution in [0.5, 0.6) is 0 Å². The molecule has 0 radical (unpaired) electrons. The van der Waals surface area contributed by atoms with Gasteiger partial charge in [0.2, 0.25) is 0 Å². The van der Waals surface area contributed by atoms with Crippen LogP contribution in [0.1, 0.15) is 39.0 Å². The highest BCUT2D eigenvalue weighted by atomic mass is 15.1. The Morgan fingerprint density at radius 2 is 2.24 bits per heavy atom. The van der Waals surface area contributed by atoms with E-state index in [9.17, 15) is 0 Å². The molecule has 2 aliphatic rings. The zero-order valence-corrected chi connectivity index (χ0v) is 13.3. The van der Waals surface area contributed by atoms with Crippen LogP contribution in [0.2, 0.25) is 0 Å². The lowest BCUT2D eigenvalue weighted by atomic mass is 9.92. The number of rotatable bonds is 7. The smallest absolute Gasteiger partial charge is 0.0556 e. The Balaban J connectivity index is 1.91. The molecule has 3 heteroatoms. The zero-order valence-electron chi connectivity index (χ0n) is 13.3. The molecule has 3 nitrogen and oxygen atoms in total. The Labute approximate surface area is 129 Å².